The van der Waals surface area contributed by atoms with Crippen LogP contribution < -0.4 is 5.32 Å². The van der Waals surface area contributed by atoms with E-state index < -0.39 is 0 Å². The summed E-state index contributed by atoms with van der Waals surface area (Å²) in [6.45, 7) is 0. The third-order valence-corrected chi connectivity index (χ3v) is 3.92. The van der Waals surface area contributed by atoms with Crippen LogP contribution >= 0.6 is 0 Å². The maximum absolute atomic E-state index is 3.75. The second-order valence-electron chi connectivity index (χ2n) is 4.92. The number of hydrogen-bond donors (Lipinski definition) is 1. The maximum atomic E-state index is 3.75. The highest BCUT2D eigenvalue weighted by Crippen LogP contribution is 2.49. The van der Waals surface area contributed by atoms with Gasteiger partial charge in [0.1, 0.15) is 0 Å². The summed E-state index contributed by atoms with van der Waals surface area (Å²) >= 11 is 0. The first-order valence-electron chi connectivity index (χ1n) is 5.70. The van der Waals surface area contributed by atoms with Gasteiger partial charge >= 0.3 is 0 Å². The predicted molar refractivity (Wildman–Crippen MR) is 59.4 cm³/mol. The smallest absolute Gasteiger partial charge is 0.0376 e. The van der Waals surface area contributed by atoms with Crippen LogP contribution in [0.3, 0.4) is 0 Å². The topological polar surface area (TPSA) is 12.0 Å². The molecule has 1 N–H and O–H groups in total. The van der Waals surface area contributed by atoms with Gasteiger partial charge < -0.3 is 5.32 Å². The minimum absolute atomic E-state index is 0.464. The first kappa shape index (κ1) is 8.34. The molecule has 0 radical (unpaired) electrons. The Morgan fingerprint density at radius 2 is 1.79 bits per heavy atom. The van der Waals surface area contributed by atoms with Crippen LogP contribution in [0.25, 0.3) is 0 Å². The Balaban J connectivity index is 1.78. The van der Waals surface area contributed by atoms with Gasteiger partial charge in [0, 0.05) is 11.2 Å². The van der Waals surface area contributed by atoms with Crippen molar-refractivity contribution in [3.8, 4) is 0 Å². The van der Waals surface area contributed by atoms with E-state index in [0.29, 0.717) is 5.54 Å². The Morgan fingerprint density at radius 1 is 1.07 bits per heavy atom. The fraction of sp³-hybridized carbons (Fsp3) is 0.538. The Bertz CT molecular complexity index is 309. The van der Waals surface area contributed by atoms with Crippen molar-refractivity contribution in [1.29, 1.82) is 0 Å². The molecule has 2 fully saturated rings. The molecular weight excluding hydrogens is 170 g/mol. The van der Waals surface area contributed by atoms with Crippen LogP contribution in [0, 0.1) is 5.92 Å². The van der Waals surface area contributed by atoms with Crippen molar-refractivity contribution in [3.05, 3.63) is 30.3 Å². The molecule has 0 aromatic heterocycles. The molecule has 1 aromatic rings. The molecule has 1 aromatic carbocycles. The van der Waals surface area contributed by atoms with Gasteiger partial charge in [-0.05, 0) is 50.2 Å². The summed E-state index contributed by atoms with van der Waals surface area (Å²) in [5, 5.41) is 3.75. The lowest BCUT2D eigenvalue weighted by Gasteiger charge is -2.29. The molecule has 14 heavy (non-hydrogen) atoms. The second-order valence-corrected chi connectivity index (χ2v) is 4.92. The zero-order chi connectivity index (χ0) is 9.43. The van der Waals surface area contributed by atoms with Crippen molar-refractivity contribution in [3.63, 3.8) is 0 Å². The highest BCUT2D eigenvalue weighted by Gasteiger charge is 2.44. The lowest BCUT2D eigenvalue weighted by atomic mass is 9.93. The van der Waals surface area contributed by atoms with Crippen LogP contribution in [0.4, 0.5) is 5.69 Å². The zero-order valence-electron chi connectivity index (χ0n) is 8.50. The van der Waals surface area contributed by atoms with Crippen molar-refractivity contribution >= 4 is 5.69 Å². The molecule has 2 aliphatic carbocycles. The molecule has 0 unspecified atom stereocenters. The minimum Gasteiger partial charge on any atom is -0.380 e. The Hall–Kier alpha value is -0.980. The van der Waals surface area contributed by atoms with Crippen LogP contribution in [0.5, 0.6) is 0 Å². The van der Waals surface area contributed by atoms with Gasteiger partial charge in [0.05, 0.1) is 0 Å². The van der Waals surface area contributed by atoms with E-state index in [9.17, 15) is 0 Å². The predicted octanol–water partition coefficient (Wildman–Crippen LogP) is 3.43. The van der Waals surface area contributed by atoms with E-state index in [2.05, 4.69) is 35.6 Å². The third-order valence-electron chi connectivity index (χ3n) is 3.92. The molecule has 1 heteroatoms. The first-order valence-corrected chi connectivity index (χ1v) is 5.70. The molecule has 3 rings (SSSR count). The van der Waals surface area contributed by atoms with Gasteiger partial charge in [-0.2, -0.15) is 0 Å². The molecule has 0 heterocycles. The maximum Gasteiger partial charge on any atom is 0.0376 e. The molecule has 74 valence electrons. The van der Waals surface area contributed by atoms with Crippen LogP contribution in [0.15, 0.2) is 30.3 Å². The minimum atomic E-state index is 0.464. The van der Waals surface area contributed by atoms with E-state index in [1.807, 2.05) is 0 Å². The van der Waals surface area contributed by atoms with Gasteiger partial charge in [-0.25, -0.2) is 0 Å². The normalized spacial score (nSPS) is 34.7. The molecule has 2 bridgehead atoms. The largest absolute Gasteiger partial charge is 0.380 e. The molecule has 2 aliphatic rings. The summed E-state index contributed by atoms with van der Waals surface area (Å²) in [7, 11) is 0. The quantitative estimate of drug-likeness (QED) is 0.748. The number of nitrogens with one attached hydrogen (secondary N) is 1. The lowest BCUT2D eigenvalue weighted by molar-refractivity contribution is 0.447. The highest BCUT2D eigenvalue weighted by atomic mass is 15.0. The van der Waals surface area contributed by atoms with Crippen LogP contribution in [0.1, 0.15) is 32.1 Å². The van der Waals surface area contributed by atoms with Crippen molar-refractivity contribution < 1.29 is 0 Å². The molecule has 0 atom stereocenters. The molecule has 0 aliphatic heterocycles. The Labute approximate surface area is 85.5 Å². The van der Waals surface area contributed by atoms with Gasteiger partial charge in [-0.1, -0.05) is 18.2 Å². The van der Waals surface area contributed by atoms with Crippen LogP contribution in [-0.4, -0.2) is 5.54 Å². The number of fused-ring (bicyclic) bond motifs is 2. The Morgan fingerprint density at radius 3 is 2.36 bits per heavy atom. The second kappa shape index (κ2) is 3.01. The SMILES string of the molecule is c1ccc(NC23CCC(CC2)C3)cc1. The van der Waals surface area contributed by atoms with Crippen LogP contribution in [0.2, 0.25) is 0 Å². The first-order chi connectivity index (χ1) is 6.86. The van der Waals surface area contributed by atoms with E-state index in [4.69, 9.17) is 0 Å². The molecule has 0 saturated heterocycles. The average Bonchev–Trinajstić information content (AvgIpc) is 2.78. The number of benzene rings is 1. The van der Waals surface area contributed by atoms with Crippen molar-refractivity contribution in [1.82, 2.24) is 0 Å². The lowest BCUT2D eigenvalue weighted by Crippen LogP contribution is -2.32. The monoisotopic (exact) mass is 187 g/mol. The third kappa shape index (κ3) is 1.31. The molecule has 1 nitrogen and oxygen atoms in total. The van der Waals surface area contributed by atoms with Gasteiger partial charge in [-0.15, -0.1) is 0 Å². The van der Waals surface area contributed by atoms with Crippen LogP contribution in [-0.2, 0) is 0 Å². The summed E-state index contributed by atoms with van der Waals surface area (Å²) in [4.78, 5) is 0. The van der Waals surface area contributed by atoms with E-state index in [1.165, 1.54) is 37.8 Å². The van der Waals surface area contributed by atoms with E-state index in [0.717, 1.165) is 5.92 Å². The molecular formula is C13H17N. The van der Waals surface area contributed by atoms with Gasteiger partial charge in [0.15, 0.2) is 0 Å². The summed E-state index contributed by atoms with van der Waals surface area (Å²) in [6.07, 6.45) is 7.06. The number of anilines is 1. The molecule has 2 saturated carbocycles. The standard InChI is InChI=1S/C13H17N/c1-2-4-12(5-3-1)14-13-8-6-11(10-13)7-9-13/h1-5,11,14H,6-10H2. The summed E-state index contributed by atoms with van der Waals surface area (Å²) in [5.74, 6) is 1.02. The number of rotatable bonds is 2. The summed E-state index contributed by atoms with van der Waals surface area (Å²) in [5.41, 5.74) is 1.77. The van der Waals surface area contributed by atoms with Gasteiger partial charge in [0.2, 0.25) is 0 Å². The molecule has 0 amide bonds. The van der Waals surface area contributed by atoms with E-state index >= 15 is 0 Å². The zero-order valence-corrected chi connectivity index (χ0v) is 8.50. The summed E-state index contributed by atoms with van der Waals surface area (Å²) in [6, 6.07) is 10.7. The fourth-order valence-corrected chi connectivity index (χ4v) is 3.19. The molecule has 0 spiro atoms. The van der Waals surface area contributed by atoms with E-state index in [-0.39, 0.29) is 0 Å². The number of para-hydroxylation sites is 1. The fourth-order valence-electron chi connectivity index (χ4n) is 3.19. The summed E-state index contributed by atoms with van der Waals surface area (Å²) < 4.78 is 0. The Kier molecular flexibility index (Phi) is 1.79. The highest BCUT2D eigenvalue weighted by molar-refractivity contribution is 5.46. The van der Waals surface area contributed by atoms with Crippen molar-refractivity contribution in [2.75, 3.05) is 5.32 Å². The number of hydrogen-bond acceptors (Lipinski definition) is 1. The van der Waals surface area contributed by atoms with Crippen molar-refractivity contribution in [2.24, 2.45) is 5.92 Å². The van der Waals surface area contributed by atoms with Gasteiger partial charge in [0.25, 0.3) is 0 Å². The van der Waals surface area contributed by atoms with Crippen molar-refractivity contribution in [2.45, 2.75) is 37.6 Å². The van der Waals surface area contributed by atoms with E-state index in [1.54, 1.807) is 0 Å². The average molecular weight is 187 g/mol. The van der Waals surface area contributed by atoms with Gasteiger partial charge in [-0.3, -0.25) is 0 Å².